The van der Waals surface area contributed by atoms with Crippen LogP contribution in [0.4, 0.5) is 14.9 Å². The molecule has 5 nitrogen and oxygen atoms in total. The molecule has 100 valence electrons. The van der Waals surface area contributed by atoms with Crippen molar-refractivity contribution in [1.29, 1.82) is 5.26 Å². The second kappa shape index (κ2) is 5.57. The molecule has 1 amide bonds. The first kappa shape index (κ1) is 13.1. The minimum atomic E-state index is -0.412. The summed E-state index contributed by atoms with van der Waals surface area (Å²) in [5.74, 6) is -0.412. The number of halogens is 1. The van der Waals surface area contributed by atoms with Crippen molar-refractivity contribution < 1.29 is 13.9 Å². The van der Waals surface area contributed by atoms with Gasteiger partial charge in [-0.2, -0.15) is 5.26 Å². The Labute approximate surface area is 110 Å². The van der Waals surface area contributed by atoms with E-state index in [1.807, 2.05) is 11.0 Å². The fourth-order valence-electron chi connectivity index (χ4n) is 2.09. The first-order valence-corrected chi connectivity index (χ1v) is 5.93. The summed E-state index contributed by atoms with van der Waals surface area (Å²) >= 11 is 0. The lowest BCUT2D eigenvalue weighted by Crippen LogP contribution is -2.49. The molecule has 1 aliphatic heterocycles. The Hall–Kier alpha value is -2.29. The van der Waals surface area contributed by atoms with Crippen LogP contribution in [0.15, 0.2) is 18.2 Å². The van der Waals surface area contributed by atoms with Crippen LogP contribution >= 0.6 is 0 Å². The van der Waals surface area contributed by atoms with E-state index in [1.165, 1.54) is 13.2 Å². The smallest absolute Gasteiger partial charge is 0.409 e. The average molecular weight is 263 g/mol. The summed E-state index contributed by atoms with van der Waals surface area (Å²) in [5, 5.41) is 8.70. The van der Waals surface area contributed by atoms with Crippen molar-refractivity contribution in [2.45, 2.75) is 0 Å². The molecule has 0 N–H and O–H groups in total. The number of hydrogen-bond acceptors (Lipinski definition) is 4. The van der Waals surface area contributed by atoms with E-state index in [9.17, 15) is 9.18 Å². The Kier molecular flexibility index (Phi) is 3.85. The molecule has 0 aromatic heterocycles. The van der Waals surface area contributed by atoms with Crippen molar-refractivity contribution in [3.63, 3.8) is 0 Å². The molecule has 0 aliphatic carbocycles. The zero-order valence-corrected chi connectivity index (χ0v) is 10.6. The summed E-state index contributed by atoms with van der Waals surface area (Å²) in [6, 6.07) is 6.31. The number of carbonyl (C=O) groups excluding carboxylic acids is 1. The molecule has 0 spiro atoms. The van der Waals surface area contributed by atoms with Gasteiger partial charge in [0.15, 0.2) is 0 Å². The number of benzene rings is 1. The molecule has 6 heteroatoms. The first-order valence-electron chi connectivity index (χ1n) is 5.93. The maximum Gasteiger partial charge on any atom is 0.409 e. The van der Waals surface area contributed by atoms with Crippen LogP contribution in [0.25, 0.3) is 0 Å². The number of piperazine rings is 1. The van der Waals surface area contributed by atoms with Gasteiger partial charge in [0.2, 0.25) is 0 Å². The molecule has 1 aromatic carbocycles. The molecule has 2 rings (SSSR count). The molecule has 1 aromatic rings. The minimum Gasteiger partial charge on any atom is -0.453 e. The van der Waals surface area contributed by atoms with Crippen molar-refractivity contribution in [2.75, 3.05) is 38.2 Å². The molecular weight excluding hydrogens is 249 g/mol. The number of nitriles is 1. The summed E-state index contributed by atoms with van der Waals surface area (Å²) < 4.78 is 18.5. The van der Waals surface area contributed by atoms with Crippen molar-refractivity contribution in [3.05, 3.63) is 29.6 Å². The van der Waals surface area contributed by atoms with Gasteiger partial charge >= 0.3 is 6.09 Å². The van der Waals surface area contributed by atoms with Crippen molar-refractivity contribution in [3.8, 4) is 6.07 Å². The number of hydrogen-bond donors (Lipinski definition) is 0. The number of rotatable bonds is 1. The van der Waals surface area contributed by atoms with Crippen molar-refractivity contribution >= 4 is 11.8 Å². The third-order valence-corrected chi connectivity index (χ3v) is 3.13. The highest BCUT2D eigenvalue weighted by Crippen LogP contribution is 2.21. The van der Waals surface area contributed by atoms with E-state index in [1.54, 1.807) is 17.0 Å². The third-order valence-electron chi connectivity index (χ3n) is 3.13. The largest absolute Gasteiger partial charge is 0.453 e. The Morgan fingerprint density at radius 2 is 2.05 bits per heavy atom. The molecule has 1 aliphatic rings. The number of anilines is 1. The van der Waals surface area contributed by atoms with Gasteiger partial charge in [0.05, 0.1) is 24.4 Å². The molecular formula is C13H14FN3O2. The number of methoxy groups -OCH3 is 1. The van der Waals surface area contributed by atoms with Gasteiger partial charge in [0.1, 0.15) is 5.82 Å². The second-order valence-corrected chi connectivity index (χ2v) is 4.22. The van der Waals surface area contributed by atoms with E-state index in [0.717, 1.165) is 0 Å². The number of carbonyl (C=O) groups is 1. The maximum absolute atomic E-state index is 13.8. The van der Waals surface area contributed by atoms with Crippen molar-refractivity contribution in [1.82, 2.24) is 4.90 Å². The molecule has 0 radical (unpaired) electrons. The maximum atomic E-state index is 13.8. The molecule has 0 atom stereocenters. The van der Waals surface area contributed by atoms with Crippen LogP contribution in [0.3, 0.4) is 0 Å². The highest BCUT2D eigenvalue weighted by molar-refractivity contribution is 5.68. The van der Waals surface area contributed by atoms with Crippen LogP contribution in [0.5, 0.6) is 0 Å². The molecule has 1 heterocycles. The van der Waals surface area contributed by atoms with E-state index in [-0.39, 0.29) is 6.09 Å². The first-order chi connectivity index (χ1) is 9.15. The van der Waals surface area contributed by atoms with E-state index in [4.69, 9.17) is 5.26 Å². The van der Waals surface area contributed by atoms with Gasteiger partial charge in [-0.3, -0.25) is 0 Å². The Morgan fingerprint density at radius 3 is 2.58 bits per heavy atom. The quantitative estimate of drug-likeness (QED) is 0.772. The molecule has 1 fully saturated rings. The van der Waals surface area contributed by atoms with Gasteiger partial charge in [0, 0.05) is 26.2 Å². The van der Waals surface area contributed by atoms with Crippen molar-refractivity contribution in [2.24, 2.45) is 0 Å². The fraction of sp³-hybridized carbons (Fsp3) is 0.385. The summed E-state index contributed by atoms with van der Waals surface area (Å²) in [7, 11) is 1.34. The monoisotopic (exact) mass is 263 g/mol. The predicted octanol–water partition coefficient (Wildman–Crippen LogP) is 1.59. The van der Waals surface area contributed by atoms with Gasteiger partial charge < -0.3 is 14.5 Å². The topological polar surface area (TPSA) is 56.6 Å². The second-order valence-electron chi connectivity index (χ2n) is 4.22. The molecule has 0 bridgehead atoms. The number of amides is 1. The predicted molar refractivity (Wildman–Crippen MR) is 67.3 cm³/mol. The molecule has 1 saturated heterocycles. The van der Waals surface area contributed by atoms with Gasteiger partial charge in [0.25, 0.3) is 0 Å². The Morgan fingerprint density at radius 1 is 1.37 bits per heavy atom. The fourth-order valence-corrected chi connectivity index (χ4v) is 2.09. The minimum absolute atomic E-state index is 0.300. The SMILES string of the molecule is COC(=O)N1CCN(c2ccc(C#N)cc2F)CC1. The van der Waals surface area contributed by atoms with Crippen LogP contribution in [-0.4, -0.2) is 44.3 Å². The van der Waals surface area contributed by atoms with Gasteiger partial charge in [-0.1, -0.05) is 0 Å². The lowest BCUT2D eigenvalue weighted by atomic mass is 10.2. The zero-order valence-electron chi connectivity index (χ0n) is 10.6. The van der Waals surface area contributed by atoms with Crippen LogP contribution < -0.4 is 4.90 Å². The summed E-state index contributed by atoms with van der Waals surface area (Å²) in [6.07, 6.45) is -0.361. The lowest BCUT2D eigenvalue weighted by molar-refractivity contribution is 0.121. The molecule has 0 unspecified atom stereocenters. The summed E-state index contributed by atoms with van der Waals surface area (Å²) in [4.78, 5) is 14.8. The van der Waals surface area contributed by atoms with Crippen LogP contribution in [0.2, 0.25) is 0 Å². The number of nitrogens with zero attached hydrogens (tertiary/aromatic N) is 3. The highest BCUT2D eigenvalue weighted by Gasteiger charge is 2.23. The highest BCUT2D eigenvalue weighted by atomic mass is 19.1. The Balaban J connectivity index is 2.06. The van der Waals surface area contributed by atoms with Crippen LogP contribution in [0.1, 0.15) is 5.56 Å². The standard InChI is InChI=1S/C13H14FN3O2/c1-19-13(18)17-6-4-16(5-7-17)12-3-2-10(9-15)8-11(12)14/h2-3,8H,4-7H2,1H3. The lowest BCUT2D eigenvalue weighted by Gasteiger charge is -2.35. The van der Waals surface area contributed by atoms with Gasteiger partial charge in [-0.25, -0.2) is 9.18 Å². The van der Waals surface area contributed by atoms with E-state index < -0.39 is 5.82 Å². The average Bonchev–Trinajstić information content (AvgIpc) is 2.46. The van der Waals surface area contributed by atoms with E-state index >= 15 is 0 Å². The van der Waals surface area contributed by atoms with Gasteiger partial charge in [-0.05, 0) is 18.2 Å². The third kappa shape index (κ3) is 2.76. The zero-order chi connectivity index (χ0) is 13.8. The van der Waals surface area contributed by atoms with Gasteiger partial charge in [-0.15, -0.1) is 0 Å². The van der Waals surface area contributed by atoms with E-state index in [0.29, 0.717) is 37.4 Å². The Bertz CT molecular complexity index is 519. The van der Waals surface area contributed by atoms with E-state index in [2.05, 4.69) is 4.74 Å². The molecule has 19 heavy (non-hydrogen) atoms. The summed E-state index contributed by atoms with van der Waals surface area (Å²) in [5.41, 5.74) is 0.762. The molecule has 0 saturated carbocycles. The number of ether oxygens (including phenoxy) is 1. The van der Waals surface area contributed by atoms with Crippen LogP contribution in [-0.2, 0) is 4.74 Å². The van der Waals surface area contributed by atoms with Crippen LogP contribution in [0, 0.1) is 17.1 Å². The normalized spacial score (nSPS) is 15.0. The summed E-state index contributed by atoms with van der Waals surface area (Å²) in [6.45, 7) is 2.06.